The Balaban J connectivity index is 2.49. The van der Waals surface area contributed by atoms with Crippen LogP contribution in [0.2, 0.25) is 0 Å². The Morgan fingerprint density at radius 3 is 2.79 bits per heavy atom. The topological polar surface area (TPSA) is 39.2 Å². The van der Waals surface area contributed by atoms with Gasteiger partial charge in [0.1, 0.15) is 10.6 Å². The van der Waals surface area contributed by atoms with Crippen LogP contribution in [-0.4, -0.2) is 16.6 Å². The van der Waals surface area contributed by atoms with Gasteiger partial charge in [-0.3, -0.25) is 0 Å². The Morgan fingerprint density at radius 2 is 2.29 bits per heavy atom. The van der Waals surface area contributed by atoms with Gasteiger partial charge in [0.05, 0.1) is 0 Å². The van der Waals surface area contributed by atoms with Crippen molar-refractivity contribution in [2.24, 2.45) is 0 Å². The van der Waals surface area contributed by atoms with E-state index in [1.165, 1.54) is 17.4 Å². The number of ether oxygens (including phenoxy) is 1. The number of carbonyl (C=O) groups excluding carboxylic acids is 1. The molecule has 14 heavy (non-hydrogen) atoms. The molecule has 0 spiro atoms. The van der Waals surface area contributed by atoms with E-state index < -0.39 is 5.60 Å². The Morgan fingerprint density at radius 1 is 1.57 bits per heavy atom. The second-order valence-electron chi connectivity index (χ2n) is 3.74. The van der Waals surface area contributed by atoms with Crippen LogP contribution in [0.15, 0.2) is 17.7 Å². The van der Waals surface area contributed by atoms with E-state index >= 15 is 0 Å². The van der Waals surface area contributed by atoms with E-state index in [1.54, 1.807) is 12.3 Å². The van der Waals surface area contributed by atoms with E-state index in [4.69, 9.17) is 4.74 Å². The first-order valence-electron chi connectivity index (χ1n) is 4.28. The van der Waals surface area contributed by atoms with Crippen molar-refractivity contribution < 1.29 is 9.53 Å². The molecule has 0 amide bonds. The minimum atomic E-state index is -0.440. The summed E-state index contributed by atoms with van der Waals surface area (Å²) in [5.74, 6) is -0.340. The molecular weight excluding hydrogens is 198 g/mol. The van der Waals surface area contributed by atoms with Crippen LogP contribution in [0, 0.1) is 0 Å². The molecular formula is C10H13NO2S. The molecule has 0 unspecified atom stereocenters. The van der Waals surface area contributed by atoms with Gasteiger partial charge in [0, 0.05) is 17.7 Å². The van der Waals surface area contributed by atoms with Crippen molar-refractivity contribution in [1.82, 2.24) is 4.98 Å². The minimum Gasteiger partial charge on any atom is -0.457 e. The fourth-order valence-electron chi connectivity index (χ4n) is 0.792. The molecule has 3 nitrogen and oxygen atoms in total. The molecule has 0 aromatic carbocycles. The summed E-state index contributed by atoms with van der Waals surface area (Å²) in [6.07, 6.45) is 4.74. The number of carbonyl (C=O) groups is 1. The Hall–Kier alpha value is -1.16. The molecule has 1 aromatic rings. The van der Waals surface area contributed by atoms with Crippen LogP contribution in [0.1, 0.15) is 25.8 Å². The predicted octanol–water partition coefficient (Wildman–Crippen LogP) is 2.50. The molecule has 0 N–H and O–H groups in total. The lowest BCUT2D eigenvalue weighted by molar-refractivity contribution is -0.148. The lowest BCUT2D eigenvalue weighted by Crippen LogP contribution is -2.22. The smallest absolute Gasteiger partial charge is 0.331 e. The molecule has 0 aliphatic carbocycles. The lowest BCUT2D eigenvalue weighted by Gasteiger charge is -2.17. The van der Waals surface area contributed by atoms with Crippen LogP contribution >= 0.6 is 11.3 Å². The zero-order valence-corrected chi connectivity index (χ0v) is 9.30. The summed E-state index contributed by atoms with van der Waals surface area (Å²) in [4.78, 5) is 15.2. The van der Waals surface area contributed by atoms with Crippen molar-refractivity contribution in [2.45, 2.75) is 26.4 Å². The van der Waals surface area contributed by atoms with Gasteiger partial charge in [0.15, 0.2) is 0 Å². The average Bonchev–Trinajstić information content (AvgIpc) is 2.49. The number of hydrogen-bond acceptors (Lipinski definition) is 4. The van der Waals surface area contributed by atoms with Crippen LogP contribution < -0.4 is 0 Å². The maximum absolute atomic E-state index is 11.2. The average molecular weight is 211 g/mol. The van der Waals surface area contributed by atoms with Gasteiger partial charge in [-0.15, -0.1) is 11.3 Å². The fourth-order valence-corrected chi connectivity index (χ4v) is 1.32. The van der Waals surface area contributed by atoms with Crippen LogP contribution in [0.4, 0.5) is 0 Å². The number of aromatic nitrogens is 1. The molecule has 0 aliphatic heterocycles. The van der Waals surface area contributed by atoms with Gasteiger partial charge in [-0.25, -0.2) is 9.78 Å². The van der Waals surface area contributed by atoms with Crippen LogP contribution in [0.5, 0.6) is 0 Å². The van der Waals surface area contributed by atoms with Crippen molar-refractivity contribution >= 4 is 23.4 Å². The van der Waals surface area contributed by atoms with Crippen LogP contribution in [-0.2, 0) is 9.53 Å². The van der Waals surface area contributed by atoms with E-state index in [9.17, 15) is 4.79 Å². The van der Waals surface area contributed by atoms with E-state index in [-0.39, 0.29) is 5.97 Å². The molecule has 0 radical (unpaired) electrons. The van der Waals surface area contributed by atoms with Gasteiger partial charge in [-0.1, -0.05) is 0 Å². The normalized spacial score (nSPS) is 11.9. The molecule has 4 heteroatoms. The Labute approximate surface area is 87.4 Å². The van der Waals surface area contributed by atoms with Crippen molar-refractivity contribution in [3.63, 3.8) is 0 Å². The third-order valence-electron chi connectivity index (χ3n) is 1.22. The largest absolute Gasteiger partial charge is 0.457 e. The van der Waals surface area contributed by atoms with Gasteiger partial charge in [0.25, 0.3) is 0 Å². The summed E-state index contributed by atoms with van der Waals surface area (Å²) in [6, 6.07) is 0. The molecule has 1 heterocycles. The highest BCUT2D eigenvalue weighted by Gasteiger charge is 2.13. The highest BCUT2D eigenvalue weighted by atomic mass is 32.1. The summed E-state index contributed by atoms with van der Waals surface area (Å²) in [6.45, 7) is 5.51. The van der Waals surface area contributed by atoms with Gasteiger partial charge < -0.3 is 4.74 Å². The molecule has 0 fully saturated rings. The van der Waals surface area contributed by atoms with Crippen LogP contribution in [0.25, 0.3) is 6.08 Å². The number of rotatable bonds is 2. The first-order chi connectivity index (χ1) is 6.47. The molecule has 0 bridgehead atoms. The third kappa shape index (κ3) is 4.18. The highest BCUT2D eigenvalue weighted by Crippen LogP contribution is 2.09. The molecule has 1 aromatic heterocycles. The van der Waals surface area contributed by atoms with E-state index in [2.05, 4.69) is 4.98 Å². The molecule has 1 rings (SSSR count). The first-order valence-corrected chi connectivity index (χ1v) is 5.16. The van der Waals surface area contributed by atoms with Crippen molar-refractivity contribution in [2.75, 3.05) is 0 Å². The van der Waals surface area contributed by atoms with Crippen molar-refractivity contribution in [3.8, 4) is 0 Å². The predicted molar refractivity (Wildman–Crippen MR) is 57.0 cm³/mol. The SMILES string of the molecule is CC(C)(C)OC(=O)/C=C/c1nccs1. The van der Waals surface area contributed by atoms with Crippen molar-refractivity contribution in [3.05, 3.63) is 22.7 Å². The van der Waals surface area contributed by atoms with Gasteiger partial charge >= 0.3 is 5.97 Å². The third-order valence-corrected chi connectivity index (χ3v) is 1.96. The van der Waals surface area contributed by atoms with Gasteiger partial charge in [-0.05, 0) is 26.8 Å². The zero-order chi connectivity index (χ0) is 10.6. The number of hydrogen-bond donors (Lipinski definition) is 0. The second-order valence-corrected chi connectivity index (χ2v) is 4.66. The number of esters is 1. The minimum absolute atomic E-state index is 0.340. The summed E-state index contributed by atoms with van der Waals surface area (Å²) in [7, 11) is 0. The molecule has 0 aliphatic rings. The summed E-state index contributed by atoms with van der Waals surface area (Å²) < 4.78 is 5.09. The Bertz CT molecular complexity index is 322. The monoisotopic (exact) mass is 211 g/mol. The Kier molecular flexibility index (Phi) is 3.41. The molecule has 0 saturated heterocycles. The summed E-state index contributed by atoms with van der Waals surface area (Å²) in [5.41, 5.74) is -0.440. The quantitative estimate of drug-likeness (QED) is 0.557. The molecule has 76 valence electrons. The van der Waals surface area contributed by atoms with Crippen molar-refractivity contribution in [1.29, 1.82) is 0 Å². The summed E-state index contributed by atoms with van der Waals surface area (Å²) in [5, 5.41) is 2.66. The van der Waals surface area contributed by atoms with Crippen LogP contribution in [0.3, 0.4) is 0 Å². The molecule has 0 atom stereocenters. The van der Waals surface area contributed by atoms with E-state index in [0.717, 1.165) is 5.01 Å². The lowest BCUT2D eigenvalue weighted by atomic mass is 10.2. The van der Waals surface area contributed by atoms with E-state index in [1.807, 2.05) is 26.2 Å². The maximum atomic E-state index is 11.2. The second kappa shape index (κ2) is 4.37. The zero-order valence-electron chi connectivity index (χ0n) is 8.48. The fraction of sp³-hybridized carbons (Fsp3) is 0.400. The molecule has 0 saturated carbocycles. The van der Waals surface area contributed by atoms with Gasteiger partial charge in [0.2, 0.25) is 0 Å². The number of thiazole rings is 1. The van der Waals surface area contributed by atoms with E-state index in [0.29, 0.717) is 0 Å². The first kappa shape index (κ1) is 10.9. The van der Waals surface area contributed by atoms with Gasteiger partial charge in [-0.2, -0.15) is 0 Å². The highest BCUT2D eigenvalue weighted by molar-refractivity contribution is 7.10. The standard InChI is InChI=1S/C10H13NO2S/c1-10(2,3)13-9(12)5-4-8-11-6-7-14-8/h4-7H,1-3H3/b5-4+. The number of nitrogens with zero attached hydrogens (tertiary/aromatic N) is 1. The summed E-state index contributed by atoms with van der Waals surface area (Å²) >= 11 is 1.48. The maximum Gasteiger partial charge on any atom is 0.331 e.